The van der Waals surface area contributed by atoms with Crippen molar-refractivity contribution in [2.75, 3.05) is 0 Å². The molecule has 3 heteroatoms. The summed E-state index contributed by atoms with van der Waals surface area (Å²) >= 11 is 9.25. The average Bonchev–Trinajstić information content (AvgIpc) is 2.16. The van der Waals surface area contributed by atoms with Crippen molar-refractivity contribution in [3.8, 4) is 0 Å². The van der Waals surface area contributed by atoms with E-state index >= 15 is 0 Å². The molecule has 0 atom stereocenters. The monoisotopic (exact) mass is 255 g/mol. The molecule has 66 valence electrons. The normalized spacial score (nSPS) is 10.6. The number of pyridine rings is 1. The Hall–Kier alpha value is -0.600. The maximum atomic E-state index is 5.82. The van der Waals surface area contributed by atoms with Crippen LogP contribution in [0.15, 0.2) is 34.9 Å². The number of alkyl halides is 1. The van der Waals surface area contributed by atoms with Gasteiger partial charge in [-0.3, -0.25) is 4.98 Å². The van der Waals surface area contributed by atoms with Gasteiger partial charge >= 0.3 is 0 Å². The summed E-state index contributed by atoms with van der Waals surface area (Å²) in [5, 5.41) is 1.12. The zero-order chi connectivity index (χ0) is 9.26. The molecule has 0 spiro atoms. The van der Waals surface area contributed by atoms with Gasteiger partial charge in [0.25, 0.3) is 0 Å². The van der Waals surface area contributed by atoms with Gasteiger partial charge in [-0.1, -0.05) is 22.0 Å². The van der Waals surface area contributed by atoms with E-state index in [0.717, 1.165) is 20.9 Å². The molecule has 0 aliphatic heterocycles. The van der Waals surface area contributed by atoms with Crippen molar-refractivity contribution in [3.63, 3.8) is 0 Å². The highest BCUT2D eigenvalue weighted by Gasteiger charge is 2.01. The molecule has 2 rings (SSSR count). The molecule has 0 amide bonds. The van der Waals surface area contributed by atoms with E-state index in [9.17, 15) is 0 Å². The van der Waals surface area contributed by atoms with E-state index in [1.807, 2.05) is 24.3 Å². The minimum Gasteiger partial charge on any atom is -0.256 e. The second kappa shape index (κ2) is 3.64. The molecule has 0 aliphatic rings. The highest BCUT2D eigenvalue weighted by Crippen LogP contribution is 2.23. The predicted octanol–water partition coefficient (Wildman–Crippen LogP) is 3.74. The third-order valence-corrected chi connectivity index (χ3v) is 2.64. The molecule has 1 aromatic heterocycles. The number of benzene rings is 1. The van der Waals surface area contributed by atoms with E-state index in [-0.39, 0.29) is 0 Å². The second-order valence-corrected chi connectivity index (χ2v) is 3.96. The van der Waals surface area contributed by atoms with Gasteiger partial charge in [-0.2, -0.15) is 0 Å². The van der Waals surface area contributed by atoms with Gasteiger partial charge in [0.1, 0.15) is 0 Å². The SMILES string of the molecule is ClCc1cc(Br)cc2cccnc12. The van der Waals surface area contributed by atoms with Gasteiger partial charge in [0.15, 0.2) is 0 Å². The number of aromatic nitrogens is 1. The van der Waals surface area contributed by atoms with Gasteiger partial charge in [-0.05, 0) is 23.8 Å². The van der Waals surface area contributed by atoms with Crippen molar-refractivity contribution < 1.29 is 0 Å². The van der Waals surface area contributed by atoms with Gasteiger partial charge in [-0.25, -0.2) is 0 Å². The van der Waals surface area contributed by atoms with Crippen molar-refractivity contribution >= 4 is 38.4 Å². The van der Waals surface area contributed by atoms with Gasteiger partial charge in [0.05, 0.1) is 5.52 Å². The number of hydrogen-bond donors (Lipinski definition) is 0. The standard InChI is InChI=1S/C10H7BrClN/c11-9-4-7-2-1-3-13-10(7)8(5-9)6-12/h1-5H,6H2. The Kier molecular flexibility index (Phi) is 2.51. The van der Waals surface area contributed by atoms with Crippen LogP contribution in [0.4, 0.5) is 0 Å². The molecule has 0 radical (unpaired) electrons. The maximum absolute atomic E-state index is 5.82. The molecule has 0 saturated heterocycles. The van der Waals surface area contributed by atoms with Crippen LogP contribution in [-0.4, -0.2) is 4.98 Å². The molecule has 2 aromatic rings. The average molecular weight is 257 g/mol. The quantitative estimate of drug-likeness (QED) is 0.708. The topological polar surface area (TPSA) is 12.9 Å². The van der Waals surface area contributed by atoms with Crippen LogP contribution >= 0.6 is 27.5 Å². The molecular formula is C10H7BrClN. The Bertz CT molecular complexity index is 442. The van der Waals surface area contributed by atoms with Crippen LogP contribution in [0.5, 0.6) is 0 Å². The Morgan fingerprint density at radius 3 is 3.00 bits per heavy atom. The molecule has 1 aromatic carbocycles. The first-order valence-electron chi connectivity index (χ1n) is 3.90. The van der Waals surface area contributed by atoms with Crippen molar-refractivity contribution in [3.05, 3.63) is 40.5 Å². The van der Waals surface area contributed by atoms with E-state index in [2.05, 4.69) is 20.9 Å². The van der Waals surface area contributed by atoms with Crippen LogP contribution in [0, 0.1) is 0 Å². The van der Waals surface area contributed by atoms with E-state index in [4.69, 9.17) is 11.6 Å². The zero-order valence-corrected chi connectivity index (χ0v) is 9.14. The summed E-state index contributed by atoms with van der Waals surface area (Å²) in [6.45, 7) is 0. The molecule has 0 aliphatic carbocycles. The summed E-state index contributed by atoms with van der Waals surface area (Å²) < 4.78 is 1.05. The third kappa shape index (κ3) is 1.69. The summed E-state index contributed by atoms with van der Waals surface area (Å²) in [6.07, 6.45) is 1.78. The number of halogens is 2. The van der Waals surface area contributed by atoms with Crippen LogP contribution in [0.1, 0.15) is 5.56 Å². The van der Waals surface area contributed by atoms with Crippen molar-refractivity contribution in [2.45, 2.75) is 5.88 Å². The van der Waals surface area contributed by atoms with Crippen LogP contribution < -0.4 is 0 Å². The first kappa shape index (κ1) is 8.97. The van der Waals surface area contributed by atoms with E-state index in [0.29, 0.717) is 5.88 Å². The Labute approximate surface area is 89.9 Å². The smallest absolute Gasteiger partial charge is 0.0746 e. The summed E-state index contributed by atoms with van der Waals surface area (Å²) in [4.78, 5) is 4.29. The number of nitrogens with zero attached hydrogens (tertiary/aromatic N) is 1. The van der Waals surface area contributed by atoms with Gasteiger partial charge in [0, 0.05) is 21.9 Å². The Balaban J connectivity index is 2.81. The summed E-state index contributed by atoms with van der Waals surface area (Å²) in [5.41, 5.74) is 2.05. The lowest BCUT2D eigenvalue weighted by molar-refractivity contribution is 1.33. The lowest BCUT2D eigenvalue weighted by Crippen LogP contribution is -1.85. The van der Waals surface area contributed by atoms with Gasteiger partial charge in [-0.15, -0.1) is 11.6 Å². The van der Waals surface area contributed by atoms with Crippen molar-refractivity contribution in [2.24, 2.45) is 0 Å². The van der Waals surface area contributed by atoms with Gasteiger partial charge in [0.2, 0.25) is 0 Å². The largest absolute Gasteiger partial charge is 0.256 e. The Morgan fingerprint density at radius 2 is 2.23 bits per heavy atom. The predicted molar refractivity (Wildman–Crippen MR) is 59.0 cm³/mol. The van der Waals surface area contributed by atoms with Crippen LogP contribution in [-0.2, 0) is 5.88 Å². The molecule has 0 bridgehead atoms. The molecule has 0 saturated carbocycles. The first-order valence-corrected chi connectivity index (χ1v) is 5.23. The number of rotatable bonds is 1. The minimum atomic E-state index is 0.493. The fourth-order valence-corrected chi connectivity index (χ4v) is 2.06. The second-order valence-electron chi connectivity index (χ2n) is 2.77. The van der Waals surface area contributed by atoms with E-state index < -0.39 is 0 Å². The lowest BCUT2D eigenvalue weighted by Gasteiger charge is -2.02. The van der Waals surface area contributed by atoms with Gasteiger partial charge < -0.3 is 0 Å². The van der Waals surface area contributed by atoms with E-state index in [1.165, 1.54) is 0 Å². The van der Waals surface area contributed by atoms with Crippen LogP contribution in [0.25, 0.3) is 10.9 Å². The molecule has 1 nitrogen and oxygen atoms in total. The molecule has 0 N–H and O–H groups in total. The fraction of sp³-hybridized carbons (Fsp3) is 0.100. The first-order chi connectivity index (χ1) is 6.31. The molecule has 13 heavy (non-hydrogen) atoms. The zero-order valence-electron chi connectivity index (χ0n) is 6.80. The minimum absolute atomic E-state index is 0.493. The summed E-state index contributed by atoms with van der Waals surface area (Å²) in [7, 11) is 0. The van der Waals surface area contributed by atoms with Crippen LogP contribution in [0.2, 0.25) is 0 Å². The molecule has 0 fully saturated rings. The fourth-order valence-electron chi connectivity index (χ4n) is 1.33. The van der Waals surface area contributed by atoms with Crippen molar-refractivity contribution in [1.82, 2.24) is 4.98 Å². The maximum Gasteiger partial charge on any atom is 0.0746 e. The van der Waals surface area contributed by atoms with Crippen LogP contribution in [0.3, 0.4) is 0 Å². The molecule has 0 unspecified atom stereocenters. The van der Waals surface area contributed by atoms with E-state index in [1.54, 1.807) is 6.20 Å². The Morgan fingerprint density at radius 1 is 1.38 bits per heavy atom. The summed E-state index contributed by atoms with van der Waals surface area (Å²) in [6, 6.07) is 8.00. The lowest BCUT2D eigenvalue weighted by atomic mass is 10.1. The van der Waals surface area contributed by atoms with Crippen molar-refractivity contribution in [1.29, 1.82) is 0 Å². The number of hydrogen-bond acceptors (Lipinski definition) is 1. The highest BCUT2D eigenvalue weighted by atomic mass is 79.9. The highest BCUT2D eigenvalue weighted by molar-refractivity contribution is 9.10. The summed E-state index contributed by atoms with van der Waals surface area (Å²) in [5.74, 6) is 0.493. The molecule has 1 heterocycles. The molecular weight excluding hydrogens is 249 g/mol. The third-order valence-electron chi connectivity index (χ3n) is 1.89. The number of fused-ring (bicyclic) bond motifs is 1.